The second kappa shape index (κ2) is 7.76. The van der Waals surface area contributed by atoms with Crippen LogP contribution in [0.25, 0.3) is 11.0 Å². The lowest BCUT2D eigenvalue weighted by Gasteiger charge is -2.18. The summed E-state index contributed by atoms with van der Waals surface area (Å²) in [4.78, 5) is 25.9. The van der Waals surface area contributed by atoms with Crippen molar-refractivity contribution in [2.45, 2.75) is 32.4 Å². The molecule has 1 unspecified atom stereocenters. The fourth-order valence-electron chi connectivity index (χ4n) is 3.50. The van der Waals surface area contributed by atoms with Gasteiger partial charge in [0.25, 0.3) is 0 Å². The predicted molar refractivity (Wildman–Crippen MR) is 108 cm³/mol. The van der Waals surface area contributed by atoms with Gasteiger partial charge in [0.15, 0.2) is 0 Å². The maximum absolute atomic E-state index is 12.2. The topological polar surface area (TPSA) is 74.6 Å². The van der Waals surface area contributed by atoms with Crippen molar-refractivity contribution in [3.8, 4) is 0 Å². The molecule has 1 fully saturated rings. The third-order valence-electron chi connectivity index (χ3n) is 5.10. The van der Waals surface area contributed by atoms with Gasteiger partial charge in [0.2, 0.25) is 5.91 Å². The van der Waals surface area contributed by atoms with Gasteiger partial charge in [-0.1, -0.05) is 18.2 Å². The molecule has 1 aliphatic rings. The number of amides is 3. The summed E-state index contributed by atoms with van der Waals surface area (Å²) in [5, 5.41) is 6.85. The number of benzene rings is 2. The van der Waals surface area contributed by atoms with Gasteiger partial charge in [-0.3, -0.25) is 4.79 Å². The minimum absolute atomic E-state index is 0.139. The second-order valence-electron chi connectivity index (χ2n) is 7.08. The number of urea groups is 1. The molecule has 0 aliphatic carbocycles. The van der Waals surface area contributed by atoms with Crippen LogP contribution in [0.15, 0.2) is 59.2 Å². The standard InChI is InChI=1S/C22H23N3O3/c1-15(17-5-7-19(8-6-17)25-11-2-3-21(25)26)24-22(27)23-14-16-4-9-20-18(13-16)10-12-28-20/h4-10,12-13,15H,2-3,11,14H2,1H3,(H2,23,24,27). The van der Waals surface area contributed by atoms with Crippen LogP contribution < -0.4 is 15.5 Å². The molecule has 28 heavy (non-hydrogen) atoms. The number of rotatable bonds is 5. The van der Waals surface area contributed by atoms with E-state index >= 15 is 0 Å². The SMILES string of the molecule is CC(NC(=O)NCc1ccc2occc2c1)c1ccc(N2CCCC2=O)cc1. The Hall–Kier alpha value is -3.28. The van der Waals surface area contributed by atoms with Crippen molar-refractivity contribution in [2.75, 3.05) is 11.4 Å². The molecule has 144 valence electrons. The number of fused-ring (bicyclic) bond motifs is 1. The van der Waals surface area contributed by atoms with E-state index in [2.05, 4.69) is 10.6 Å². The van der Waals surface area contributed by atoms with Gasteiger partial charge in [0.05, 0.1) is 12.3 Å². The molecule has 1 aromatic heterocycles. The molecule has 2 N–H and O–H groups in total. The molecule has 4 rings (SSSR count). The number of hydrogen-bond acceptors (Lipinski definition) is 3. The minimum Gasteiger partial charge on any atom is -0.464 e. The summed E-state index contributed by atoms with van der Waals surface area (Å²) in [6, 6.07) is 15.2. The van der Waals surface area contributed by atoms with E-state index in [0.29, 0.717) is 13.0 Å². The summed E-state index contributed by atoms with van der Waals surface area (Å²) in [5.74, 6) is 0.173. The van der Waals surface area contributed by atoms with E-state index in [9.17, 15) is 9.59 Å². The molecule has 0 spiro atoms. The highest BCUT2D eigenvalue weighted by Crippen LogP contribution is 2.23. The molecule has 6 nitrogen and oxygen atoms in total. The number of carbonyl (C=O) groups is 2. The van der Waals surface area contributed by atoms with Gasteiger partial charge in [-0.05, 0) is 54.8 Å². The van der Waals surface area contributed by atoms with Crippen LogP contribution in [0.2, 0.25) is 0 Å². The lowest BCUT2D eigenvalue weighted by Crippen LogP contribution is -2.36. The van der Waals surface area contributed by atoms with E-state index < -0.39 is 0 Å². The Morgan fingerprint density at radius 2 is 2.00 bits per heavy atom. The molecule has 1 aliphatic heterocycles. The van der Waals surface area contributed by atoms with E-state index in [0.717, 1.165) is 40.7 Å². The zero-order chi connectivity index (χ0) is 19.5. The summed E-state index contributed by atoms with van der Waals surface area (Å²) in [6.45, 7) is 3.15. The average molecular weight is 377 g/mol. The van der Waals surface area contributed by atoms with Crippen LogP contribution in [0, 0.1) is 0 Å². The van der Waals surface area contributed by atoms with Gasteiger partial charge in [-0.2, -0.15) is 0 Å². The molecule has 0 saturated carbocycles. The van der Waals surface area contributed by atoms with Gasteiger partial charge in [0.1, 0.15) is 5.58 Å². The highest BCUT2D eigenvalue weighted by Gasteiger charge is 2.21. The predicted octanol–water partition coefficient (Wildman–Crippen LogP) is 4.12. The first kappa shape index (κ1) is 18.1. The van der Waals surface area contributed by atoms with Gasteiger partial charge in [0, 0.05) is 30.6 Å². The van der Waals surface area contributed by atoms with E-state index in [-0.39, 0.29) is 18.0 Å². The number of nitrogens with one attached hydrogen (secondary N) is 2. The Morgan fingerprint density at radius 1 is 1.18 bits per heavy atom. The number of furan rings is 1. The van der Waals surface area contributed by atoms with Crippen LogP contribution in [0.1, 0.15) is 36.9 Å². The van der Waals surface area contributed by atoms with Crippen molar-refractivity contribution in [3.05, 3.63) is 65.9 Å². The zero-order valence-electron chi connectivity index (χ0n) is 15.8. The Bertz CT molecular complexity index is 994. The van der Waals surface area contributed by atoms with Crippen molar-refractivity contribution in [3.63, 3.8) is 0 Å². The molecule has 3 aromatic rings. The minimum atomic E-state index is -0.224. The van der Waals surface area contributed by atoms with Crippen LogP contribution in [0.3, 0.4) is 0 Å². The molecule has 1 atom stereocenters. The Morgan fingerprint density at radius 3 is 2.75 bits per heavy atom. The maximum Gasteiger partial charge on any atom is 0.315 e. The first-order valence-corrected chi connectivity index (χ1v) is 9.51. The van der Waals surface area contributed by atoms with Crippen LogP contribution in [-0.2, 0) is 11.3 Å². The van der Waals surface area contributed by atoms with E-state index in [1.54, 1.807) is 6.26 Å². The number of nitrogens with zero attached hydrogens (tertiary/aromatic N) is 1. The molecule has 3 amide bonds. The molecular formula is C22H23N3O3. The first-order valence-electron chi connectivity index (χ1n) is 9.51. The first-order chi connectivity index (χ1) is 13.6. The van der Waals surface area contributed by atoms with Crippen LogP contribution in [-0.4, -0.2) is 18.5 Å². The monoisotopic (exact) mass is 377 g/mol. The number of hydrogen-bond donors (Lipinski definition) is 2. The van der Waals surface area contributed by atoms with Crippen molar-refractivity contribution in [1.82, 2.24) is 10.6 Å². The van der Waals surface area contributed by atoms with E-state index in [4.69, 9.17) is 4.42 Å². The Labute approximate surface area is 163 Å². The van der Waals surface area contributed by atoms with Gasteiger partial charge < -0.3 is 20.0 Å². The van der Waals surface area contributed by atoms with Crippen molar-refractivity contribution >= 4 is 28.6 Å². The summed E-state index contributed by atoms with van der Waals surface area (Å²) >= 11 is 0. The lowest BCUT2D eigenvalue weighted by molar-refractivity contribution is -0.117. The third kappa shape index (κ3) is 3.86. The van der Waals surface area contributed by atoms with Crippen molar-refractivity contribution < 1.29 is 14.0 Å². The fourth-order valence-corrected chi connectivity index (χ4v) is 3.50. The molecule has 1 saturated heterocycles. The van der Waals surface area contributed by atoms with Gasteiger partial charge in [-0.25, -0.2) is 4.79 Å². The zero-order valence-corrected chi connectivity index (χ0v) is 15.8. The smallest absolute Gasteiger partial charge is 0.315 e. The molecule has 2 aromatic carbocycles. The van der Waals surface area contributed by atoms with Crippen molar-refractivity contribution in [2.24, 2.45) is 0 Å². The van der Waals surface area contributed by atoms with Crippen LogP contribution in [0.4, 0.5) is 10.5 Å². The molecule has 0 radical (unpaired) electrons. The van der Waals surface area contributed by atoms with Crippen LogP contribution in [0.5, 0.6) is 0 Å². The van der Waals surface area contributed by atoms with E-state index in [1.165, 1.54) is 0 Å². The highest BCUT2D eigenvalue weighted by atomic mass is 16.3. The number of anilines is 1. The molecule has 0 bridgehead atoms. The van der Waals surface area contributed by atoms with Gasteiger partial charge in [-0.15, -0.1) is 0 Å². The van der Waals surface area contributed by atoms with E-state index in [1.807, 2.05) is 60.4 Å². The lowest BCUT2D eigenvalue weighted by atomic mass is 10.1. The van der Waals surface area contributed by atoms with Gasteiger partial charge >= 0.3 is 6.03 Å². The molecule has 2 heterocycles. The average Bonchev–Trinajstić information content (AvgIpc) is 3.34. The summed E-state index contributed by atoms with van der Waals surface area (Å²) in [5.41, 5.74) is 3.75. The van der Waals surface area contributed by atoms with Crippen molar-refractivity contribution in [1.29, 1.82) is 0 Å². The Kier molecular flexibility index (Phi) is 5.02. The molecular weight excluding hydrogens is 354 g/mol. The summed E-state index contributed by atoms with van der Waals surface area (Å²) in [6.07, 6.45) is 3.18. The maximum atomic E-state index is 12.2. The fraction of sp³-hybridized carbons (Fsp3) is 0.273. The third-order valence-corrected chi connectivity index (χ3v) is 5.10. The normalized spacial score (nSPS) is 15.0. The number of carbonyl (C=O) groups excluding carboxylic acids is 2. The molecule has 6 heteroatoms. The Balaban J connectivity index is 1.31. The van der Waals surface area contributed by atoms with Crippen LogP contribution >= 0.6 is 0 Å². The highest BCUT2D eigenvalue weighted by molar-refractivity contribution is 5.95. The largest absolute Gasteiger partial charge is 0.464 e. The quantitative estimate of drug-likeness (QED) is 0.702. The second-order valence-corrected chi connectivity index (χ2v) is 7.08. The summed E-state index contributed by atoms with van der Waals surface area (Å²) in [7, 11) is 0. The summed E-state index contributed by atoms with van der Waals surface area (Å²) < 4.78 is 5.33.